The van der Waals surface area contributed by atoms with Crippen molar-refractivity contribution in [3.63, 3.8) is 0 Å². The monoisotopic (exact) mass is 448 g/mol. The number of rotatable bonds is 3. The van der Waals surface area contributed by atoms with Crippen LogP contribution in [0.4, 0.5) is 24.5 Å². The van der Waals surface area contributed by atoms with Gasteiger partial charge in [0.05, 0.1) is 22.0 Å². The molecule has 0 fully saturated rings. The molecule has 152 valence electrons. The second-order valence-corrected chi connectivity index (χ2v) is 7.68. The number of benzene rings is 1. The number of alkyl halides is 3. The second kappa shape index (κ2) is 7.58. The van der Waals surface area contributed by atoms with Crippen LogP contribution < -0.4 is 11.1 Å². The fourth-order valence-corrected chi connectivity index (χ4v) is 4.07. The van der Waals surface area contributed by atoms with Crippen LogP contribution in [0.25, 0.3) is 21.5 Å². The maximum Gasteiger partial charge on any atom is 0.417 e. The molecule has 0 radical (unpaired) electrons. The second-order valence-electron chi connectivity index (χ2n) is 6.28. The van der Waals surface area contributed by atoms with Crippen molar-refractivity contribution in [2.45, 2.75) is 6.18 Å². The largest absolute Gasteiger partial charge is 0.417 e. The maximum absolute atomic E-state index is 13.0. The van der Waals surface area contributed by atoms with Crippen LogP contribution in [-0.4, -0.2) is 15.9 Å². The number of nitrogens with one attached hydrogen (secondary N) is 1. The van der Waals surface area contributed by atoms with Crippen LogP contribution in [0.15, 0.2) is 54.9 Å². The highest BCUT2D eigenvalue weighted by atomic mass is 35.5. The predicted octanol–water partition coefficient (Wildman–Crippen LogP) is 5.87. The molecule has 10 heteroatoms. The average Bonchev–Trinajstić information content (AvgIpc) is 3.05. The average molecular weight is 449 g/mol. The summed E-state index contributed by atoms with van der Waals surface area (Å²) in [7, 11) is 0. The molecule has 0 saturated heterocycles. The van der Waals surface area contributed by atoms with E-state index in [2.05, 4.69) is 15.3 Å². The summed E-state index contributed by atoms with van der Waals surface area (Å²) >= 11 is 6.68. The summed E-state index contributed by atoms with van der Waals surface area (Å²) in [6.45, 7) is 0. The van der Waals surface area contributed by atoms with E-state index in [1.807, 2.05) is 0 Å². The highest BCUT2D eigenvalue weighted by Crippen LogP contribution is 2.37. The van der Waals surface area contributed by atoms with Crippen molar-refractivity contribution in [2.75, 3.05) is 11.1 Å². The maximum atomic E-state index is 13.0. The smallest absolute Gasteiger partial charge is 0.397 e. The number of carbonyl (C=O) groups excluding carboxylic acids is 1. The Kier molecular flexibility index (Phi) is 5.08. The van der Waals surface area contributed by atoms with Gasteiger partial charge in [-0.3, -0.25) is 9.78 Å². The van der Waals surface area contributed by atoms with Crippen LogP contribution >= 0.6 is 22.9 Å². The summed E-state index contributed by atoms with van der Waals surface area (Å²) in [5, 5.41) is 2.59. The summed E-state index contributed by atoms with van der Waals surface area (Å²) in [5.41, 5.74) is 6.78. The Morgan fingerprint density at radius 2 is 1.83 bits per heavy atom. The standard InChI is InChI=1S/C20H12ClF3N4OS/c21-14-3-1-11(9-13(14)20(22,23)24)27-18(29)17-16(25)12-2-4-15(28-19(12)30-17)10-5-7-26-8-6-10/h1-9H,25H2,(H,27,29). The van der Waals surface area contributed by atoms with Gasteiger partial charge in [-0.1, -0.05) is 11.6 Å². The van der Waals surface area contributed by atoms with Crippen molar-refractivity contribution < 1.29 is 18.0 Å². The molecule has 1 amide bonds. The van der Waals surface area contributed by atoms with Gasteiger partial charge in [-0.15, -0.1) is 11.3 Å². The van der Waals surface area contributed by atoms with E-state index in [0.717, 1.165) is 29.0 Å². The number of amides is 1. The Balaban J connectivity index is 1.66. The van der Waals surface area contributed by atoms with Gasteiger partial charge in [0, 0.05) is 29.0 Å². The summed E-state index contributed by atoms with van der Waals surface area (Å²) in [6.07, 6.45) is -1.35. The normalized spacial score (nSPS) is 11.6. The zero-order valence-electron chi connectivity index (χ0n) is 15.0. The van der Waals surface area contributed by atoms with E-state index in [0.29, 0.717) is 15.9 Å². The first-order valence-electron chi connectivity index (χ1n) is 8.51. The zero-order chi connectivity index (χ0) is 21.5. The van der Waals surface area contributed by atoms with Gasteiger partial charge in [0.15, 0.2) is 0 Å². The minimum absolute atomic E-state index is 0.0426. The van der Waals surface area contributed by atoms with Crippen LogP contribution in [0.3, 0.4) is 0 Å². The molecule has 3 aromatic heterocycles. The van der Waals surface area contributed by atoms with Crippen molar-refractivity contribution in [3.05, 3.63) is 70.3 Å². The van der Waals surface area contributed by atoms with Crippen LogP contribution in [0.1, 0.15) is 15.2 Å². The number of pyridine rings is 2. The predicted molar refractivity (Wildman–Crippen MR) is 112 cm³/mol. The first kappa shape index (κ1) is 20.1. The van der Waals surface area contributed by atoms with Gasteiger partial charge in [-0.25, -0.2) is 4.98 Å². The molecule has 0 atom stereocenters. The summed E-state index contributed by atoms with van der Waals surface area (Å²) in [4.78, 5) is 21.9. The number of nitrogen functional groups attached to an aromatic ring is 1. The number of nitrogens with two attached hydrogens (primary N) is 1. The molecular weight excluding hydrogens is 437 g/mol. The Bertz CT molecular complexity index is 1260. The van der Waals surface area contributed by atoms with Gasteiger partial charge >= 0.3 is 6.18 Å². The highest BCUT2D eigenvalue weighted by molar-refractivity contribution is 7.21. The highest BCUT2D eigenvalue weighted by Gasteiger charge is 2.33. The van der Waals surface area contributed by atoms with Crippen LogP contribution in [-0.2, 0) is 6.18 Å². The molecule has 4 rings (SSSR count). The lowest BCUT2D eigenvalue weighted by Gasteiger charge is -2.11. The van der Waals surface area contributed by atoms with Gasteiger partial charge in [0.25, 0.3) is 5.91 Å². The number of anilines is 2. The molecule has 0 aliphatic rings. The molecule has 1 aromatic carbocycles. The number of nitrogens with zero attached hydrogens (tertiary/aromatic N) is 2. The Hall–Kier alpha value is -3.17. The quantitative estimate of drug-likeness (QED) is 0.411. The Morgan fingerprint density at radius 3 is 2.53 bits per heavy atom. The minimum atomic E-state index is -4.64. The number of hydrogen-bond acceptors (Lipinski definition) is 5. The fourth-order valence-electron chi connectivity index (χ4n) is 2.86. The fraction of sp³-hybridized carbons (Fsp3) is 0.0500. The molecule has 4 aromatic rings. The topological polar surface area (TPSA) is 80.9 Å². The zero-order valence-corrected chi connectivity index (χ0v) is 16.6. The lowest BCUT2D eigenvalue weighted by molar-refractivity contribution is -0.137. The van der Waals surface area contributed by atoms with Gasteiger partial charge in [-0.05, 0) is 42.5 Å². The summed E-state index contributed by atoms with van der Waals surface area (Å²) < 4.78 is 39.1. The lowest BCUT2D eigenvalue weighted by atomic mass is 10.1. The molecule has 0 spiro atoms. The van der Waals surface area contributed by atoms with Gasteiger partial charge < -0.3 is 11.1 Å². The van der Waals surface area contributed by atoms with Crippen LogP contribution in [0.2, 0.25) is 5.02 Å². The molecule has 3 N–H and O–H groups in total. The first-order chi connectivity index (χ1) is 14.2. The van der Waals surface area contributed by atoms with Crippen molar-refractivity contribution in [1.29, 1.82) is 0 Å². The molecule has 0 aliphatic carbocycles. The van der Waals surface area contributed by atoms with E-state index in [4.69, 9.17) is 17.3 Å². The Labute approximate surface area is 177 Å². The third-order valence-electron chi connectivity index (χ3n) is 4.31. The lowest BCUT2D eigenvalue weighted by Crippen LogP contribution is -2.13. The van der Waals surface area contributed by atoms with E-state index in [9.17, 15) is 18.0 Å². The van der Waals surface area contributed by atoms with Gasteiger partial charge in [0.1, 0.15) is 9.71 Å². The number of carbonyl (C=O) groups is 1. The molecule has 0 aliphatic heterocycles. The molecule has 30 heavy (non-hydrogen) atoms. The number of halogens is 4. The minimum Gasteiger partial charge on any atom is -0.397 e. The van der Waals surface area contributed by atoms with Gasteiger partial charge in [-0.2, -0.15) is 13.2 Å². The van der Waals surface area contributed by atoms with Crippen LogP contribution in [0.5, 0.6) is 0 Å². The third kappa shape index (κ3) is 3.81. The molecule has 5 nitrogen and oxygen atoms in total. The van der Waals surface area contributed by atoms with Crippen molar-refractivity contribution in [3.8, 4) is 11.3 Å². The Morgan fingerprint density at radius 1 is 1.10 bits per heavy atom. The summed E-state index contributed by atoms with van der Waals surface area (Å²) in [5.74, 6) is -0.628. The first-order valence-corrected chi connectivity index (χ1v) is 9.71. The number of thiophene rings is 1. The van der Waals surface area contributed by atoms with Crippen molar-refractivity contribution >= 4 is 50.4 Å². The van der Waals surface area contributed by atoms with Crippen molar-refractivity contribution in [2.24, 2.45) is 0 Å². The number of aromatic nitrogens is 2. The van der Waals surface area contributed by atoms with E-state index >= 15 is 0 Å². The number of fused-ring (bicyclic) bond motifs is 1. The molecular formula is C20H12ClF3N4OS. The SMILES string of the molecule is Nc1c(C(=O)Nc2ccc(Cl)c(C(F)(F)F)c2)sc2nc(-c3ccncc3)ccc12. The molecule has 0 unspecified atom stereocenters. The van der Waals surface area contributed by atoms with Crippen LogP contribution in [0, 0.1) is 0 Å². The van der Waals surface area contributed by atoms with E-state index in [1.165, 1.54) is 6.07 Å². The van der Waals surface area contributed by atoms with Gasteiger partial charge in [0.2, 0.25) is 0 Å². The van der Waals surface area contributed by atoms with E-state index in [-0.39, 0.29) is 16.3 Å². The molecule has 0 saturated carbocycles. The third-order valence-corrected chi connectivity index (χ3v) is 5.75. The number of hydrogen-bond donors (Lipinski definition) is 2. The molecule has 3 heterocycles. The van der Waals surface area contributed by atoms with E-state index < -0.39 is 22.7 Å². The summed E-state index contributed by atoms with van der Waals surface area (Å²) in [6, 6.07) is 10.3. The van der Waals surface area contributed by atoms with Crippen molar-refractivity contribution in [1.82, 2.24) is 9.97 Å². The van der Waals surface area contributed by atoms with E-state index in [1.54, 1.807) is 36.7 Å². The molecule has 0 bridgehead atoms.